The van der Waals surface area contributed by atoms with E-state index in [9.17, 15) is 31.2 Å². The van der Waals surface area contributed by atoms with Crippen molar-refractivity contribution < 1.29 is 35.5 Å². The van der Waals surface area contributed by atoms with E-state index >= 15 is 0 Å². The van der Waals surface area contributed by atoms with Crippen LogP contribution < -0.4 is 0 Å². The van der Waals surface area contributed by atoms with Crippen molar-refractivity contribution in [3.8, 4) is 0 Å². The van der Waals surface area contributed by atoms with Gasteiger partial charge in [0.05, 0.1) is 0 Å². The topological polar surface area (TPSA) is 80.8 Å². The van der Waals surface area contributed by atoms with E-state index in [0.29, 0.717) is 0 Å². The first-order valence-corrected chi connectivity index (χ1v) is 5.53. The number of carbonyl (C=O) groups excluding carboxylic acids is 2. The number of imide groups is 1. The molecule has 0 N–H and O–H groups in total. The molecule has 1 aliphatic heterocycles. The second-order valence-corrected chi connectivity index (χ2v) is 4.53. The lowest BCUT2D eigenvalue weighted by molar-refractivity contribution is -0.165. The molecular formula is C6H6F3NO5S. The fraction of sp³-hybridized carbons (Fsp3) is 0.667. The molecule has 0 radical (unpaired) electrons. The molecule has 0 aliphatic carbocycles. The molecule has 10 heteroatoms. The molecule has 0 aromatic heterocycles. The molecule has 1 rings (SSSR count). The highest BCUT2D eigenvalue weighted by atomic mass is 32.2. The van der Waals surface area contributed by atoms with Gasteiger partial charge in [0.1, 0.15) is 0 Å². The Morgan fingerprint density at radius 2 is 1.62 bits per heavy atom. The summed E-state index contributed by atoms with van der Waals surface area (Å²) in [5.74, 6) is -4.21. The first-order chi connectivity index (χ1) is 7.11. The van der Waals surface area contributed by atoms with Crippen LogP contribution in [0.1, 0.15) is 12.8 Å². The lowest BCUT2D eigenvalue weighted by Gasteiger charge is -2.13. The summed E-state index contributed by atoms with van der Waals surface area (Å²) in [4.78, 5) is 21.7. The largest absolute Gasteiger partial charge is 0.405 e. The van der Waals surface area contributed by atoms with E-state index in [1.165, 1.54) is 0 Å². The summed E-state index contributed by atoms with van der Waals surface area (Å²) in [6, 6.07) is 0. The van der Waals surface area contributed by atoms with Gasteiger partial charge in [-0.2, -0.15) is 21.6 Å². The first kappa shape index (κ1) is 12.9. The van der Waals surface area contributed by atoms with Crippen LogP contribution in [0, 0.1) is 0 Å². The Labute approximate surface area is 88.0 Å². The number of alkyl halides is 3. The predicted molar refractivity (Wildman–Crippen MR) is 42.0 cm³/mol. The van der Waals surface area contributed by atoms with Gasteiger partial charge in [-0.25, -0.2) is 0 Å². The van der Waals surface area contributed by atoms with E-state index in [1.54, 1.807) is 0 Å². The summed E-state index contributed by atoms with van der Waals surface area (Å²) in [5, 5.41) is -0.152. The minimum atomic E-state index is -5.03. The molecule has 0 aromatic rings. The average molecular weight is 261 g/mol. The van der Waals surface area contributed by atoms with Crippen LogP contribution >= 0.6 is 0 Å². The van der Waals surface area contributed by atoms with Crippen molar-refractivity contribution in [2.75, 3.05) is 5.75 Å². The summed E-state index contributed by atoms with van der Waals surface area (Å²) in [6.07, 6.45) is -5.55. The molecule has 16 heavy (non-hydrogen) atoms. The zero-order valence-corrected chi connectivity index (χ0v) is 8.47. The van der Waals surface area contributed by atoms with E-state index in [2.05, 4.69) is 4.28 Å². The average Bonchev–Trinajstić information content (AvgIpc) is 2.30. The van der Waals surface area contributed by atoms with Gasteiger partial charge in [0.15, 0.2) is 5.75 Å². The highest BCUT2D eigenvalue weighted by Crippen LogP contribution is 2.21. The number of hydrogen-bond acceptors (Lipinski definition) is 5. The lowest BCUT2D eigenvalue weighted by atomic mass is 10.4. The van der Waals surface area contributed by atoms with Crippen molar-refractivity contribution in [1.29, 1.82) is 0 Å². The third-order valence-corrected chi connectivity index (χ3v) is 2.59. The normalized spacial score (nSPS) is 18.3. The number of rotatable bonds is 3. The monoisotopic (exact) mass is 261 g/mol. The second-order valence-electron chi connectivity index (χ2n) is 2.97. The van der Waals surface area contributed by atoms with Crippen LogP contribution in [0.4, 0.5) is 13.2 Å². The number of hydroxylamine groups is 2. The standard InChI is InChI=1S/C6H6F3NO5S/c7-6(8,9)3-16(13,14)15-10-4(11)1-2-5(10)12/h1-3H2. The van der Waals surface area contributed by atoms with Crippen LogP contribution in [0.3, 0.4) is 0 Å². The maximum atomic E-state index is 11.8. The van der Waals surface area contributed by atoms with Crippen molar-refractivity contribution in [3.05, 3.63) is 0 Å². The molecule has 0 atom stereocenters. The Morgan fingerprint density at radius 1 is 1.19 bits per heavy atom. The summed E-state index contributed by atoms with van der Waals surface area (Å²) in [7, 11) is -5.03. The Bertz CT molecular complexity index is 398. The number of halogens is 3. The highest BCUT2D eigenvalue weighted by molar-refractivity contribution is 7.86. The third-order valence-electron chi connectivity index (χ3n) is 1.53. The molecule has 0 aromatic carbocycles. The van der Waals surface area contributed by atoms with Crippen LogP contribution in [-0.4, -0.2) is 37.2 Å². The van der Waals surface area contributed by atoms with Gasteiger partial charge in [0.25, 0.3) is 21.9 Å². The number of amides is 2. The molecule has 92 valence electrons. The lowest BCUT2D eigenvalue weighted by Crippen LogP contribution is -2.35. The molecule has 2 amide bonds. The van der Waals surface area contributed by atoms with Gasteiger partial charge < -0.3 is 0 Å². The molecule has 0 bridgehead atoms. The van der Waals surface area contributed by atoms with E-state index in [-0.39, 0.29) is 17.9 Å². The van der Waals surface area contributed by atoms with Crippen molar-refractivity contribution >= 4 is 21.9 Å². The summed E-state index contributed by atoms with van der Waals surface area (Å²) < 4.78 is 60.7. The maximum Gasteiger partial charge on any atom is 0.405 e. The van der Waals surface area contributed by atoms with Crippen LogP contribution in [0.25, 0.3) is 0 Å². The zero-order chi connectivity index (χ0) is 12.6. The fourth-order valence-corrected chi connectivity index (χ4v) is 1.83. The van der Waals surface area contributed by atoms with Gasteiger partial charge in [-0.15, -0.1) is 9.35 Å². The van der Waals surface area contributed by atoms with Gasteiger partial charge in [-0.05, 0) is 0 Å². The predicted octanol–water partition coefficient (Wildman–Crippen LogP) is -0.0409. The van der Waals surface area contributed by atoms with Gasteiger partial charge >= 0.3 is 6.18 Å². The minimum Gasteiger partial charge on any atom is -0.272 e. The molecule has 1 fully saturated rings. The van der Waals surface area contributed by atoms with Gasteiger partial charge in [-0.1, -0.05) is 0 Å². The Kier molecular flexibility index (Phi) is 3.24. The molecular weight excluding hydrogens is 255 g/mol. The van der Waals surface area contributed by atoms with Crippen LogP contribution in [0.2, 0.25) is 0 Å². The Balaban J connectivity index is 2.73. The van der Waals surface area contributed by atoms with Gasteiger partial charge in [0.2, 0.25) is 0 Å². The molecule has 1 saturated heterocycles. The molecule has 0 spiro atoms. The Morgan fingerprint density at radius 3 is 2.00 bits per heavy atom. The summed E-state index contributed by atoms with van der Waals surface area (Å²) in [5.41, 5.74) is 0. The molecule has 0 saturated carbocycles. The smallest absolute Gasteiger partial charge is 0.272 e. The quantitative estimate of drug-likeness (QED) is 0.666. The molecule has 6 nitrogen and oxygen atoms in total. The van der Waals surface area contributed by atoms with Crippen LogP contribution in [0.5, 0.6) is 0 Å². The first-order valence-electron chi connectivity index (χ1n) is 3.95. The number of hydrogen-bond donors (Lipinski definition) is 0. The summed E-state index contributed by atoms with van der Waals surface area (Å²) >= 11 is 0. The third kappa shape index (κ3) is 3.45. The maximum absolute atomic E-state index is 11.8. The molecule has 0 unspecified atom stereocenters. The SMILES string of the molecule is O=C1CCC(=O)N1OS(=O)(=O)CC(F)(F)F. The zero-order valence-electron chi connectivity index (χ0n) is 7.65. The number of nitrogens with zero attached hydrogens (tertiary/aromatic N) is 1. The van der Waals surface area contributed by atoms with E-state index in [1.807, 2.05) is 0 Å². The van der Waals surface area contributed by atoms with Crippen LogP contribution in [0.15, 0.2) is 0 Å². The minimum absolute atomic E-state index is 0.152. The van der Waals surface area contributed by atoms with E-state index in [0.717, 1.165) is 0 Å². The van der Waals surface area contributed by atoms with Crippen molar-refractivity contribution in [1.82, 2.24) is 5.06 Å². The van der Waals surface area contributed by atoms with Crippen molar-refractivity contribution in [2.45, 2.75) is 19.0 Å². The number of carbonyl (C=O) groups is 2. The molecule has 1 aliphatic rings. The fourth-order valence-electron chi connectivity index (χ4n) is 0.980. The van der Waals surface area contributed by atoms with Crippen LogP contribution in [-0.2, 0) is 24.0 Å². The van der Waals surface area contributed by atoms with Crippen molar-refractivity contribution in [2.24, 2.45) is 0 Å². The second kappa shape index (κ2) is 4.01. The van der Waals surface area contributed by atoms with Gasteiger partial charge in [-0.3, -0.25) is 9.59 Å². The van der Waals surface area contributed by atoms with E-state index in [4.69, 9.17) is 0 Å². The Hall–Kier alpha value is -1.16. The van der Waals surface area contributed by atoms with Gasteiger partial charge in [0, 0.05) is 12.8 Å². The summed E-state index contributed by atoms with van der Waals surface area (Å²) in [6.45, 7) is 0. The highest BCUT2D eigenvalue weighted by Gasteiger charge is 2.40. The van der Waals surface area contributed by atoms with Crippen molar-refractivity contribution in [3.63, 3.8) is 0 Å². The molecule has 1 heterocycles. The van der Waals surface area contributed by atoms with E-state index < -0.39 is 33.9 Å².